The van der Waals surface area contributed by atoms with Crippen molar-refractivity contribution in [3.8, 4) is 0 Å². The lowest BCUT2D eigenvalue weighted by Crippen LogP contribution is -2.45. The van der Waals surface area contributed by atoms with Crippen molar-refractivity contribution in [3.63, 3.8) is 0 Å². The van der Waals surface area contributed by atoms with Crippen LogP contribution in [0.15, 0.2) is 66.0 Å². The number of amides is 4. The molecule has 1 aliphatic rings. The molecule has 1 aliphatic heterocycles. The number of rotatable bonds is 7. The number of urea groups is 1. The predicted octanol–water partition coefficient (Wildman–Crippen LogP) is 4.09. The molecule has 4 rings (SSSR count). The second kappa shape index (κ2) is 9.11. The van der Waals surface area contributed by atoms with Crippen LogP contribution < -0.4 is 10.6 Å². The van der Waals surface area contributed by atoms with Crippen LogP contribution in [0.4, 0.5) is 13.6 Å². The number of carbonyl (C=O) groups is 3. The van der Waals surface area contributed by atoms with Gasteiger partial charge in [0.15, 0.2) is 0 Å². The summed E-state index contributed by atoms with van der Waals surface area (Å²) < 4.78 is 26.8. The quantitative estimate of drug-likeness (QED) is 0.512. The molecule has 2 N–H and O–H groups in total. The number of carbonyl (C=O) groups excluding carboxylic acids is 3. The van der Waals surface area contributed by atoms with E-state index in [0.717, 1.165) is 9.78 Å². The van der Waals surface area contributed by atoms with Gasteiger partial charge in [0.2, 0.25) is 5.91 Å². The third-order valence-electron chi connectivity index (χ3n) is 5.68. The van der Waals surface area contributed by atoms with Gasteiger partial charge in [-0.1, -0.05) is 37.3 Å². The number of hydrogen-bond donors (Lipinski definition) is 2. The molecule has 2 heterocycles. The molecule has 4 amide bonds. The Morgan fingerprint density at radius 3 is 2.27 bits per heavy atom. The lowest BCUT2D eigenvalue weighted by atomic mass is 9.87. The summed E-state index contributed by atoms with van der Waals surface area (Å²) in [6.45, 7) is 1.24. The molecular formula is C24H21F2N3O3S. The van der Waals surface area contributed by atoms with Crippen molar-refractivity contribution in [2.24, 2.45) is 0 Å². The summed E-state index contributed by atoms with van der Waals surface area (Å²) in [5, 5.41) is 7.37. The van der Waals surface area contributed by atoms with Crippen molar-refractivity contribution in [1.29, 1.82) is 0 Å². The van der Waals surface area contributed by atoms with E-state index in [2.05, 4.69) is 10.6 Å². The minimum absolute atomic E-state index is 0.231. The van der Waals surface area contributed by atoms with Gasteiger partial charge in [0.05, 0.1) is 6.04 Å². The van der Waals surface area contributed by atoms with E-state index in [9.17, 15) is 23.2 Å². The molecule has 1 fully saturated rings. The fourth-order valence-electron chi connectivity index (χ4n) is 3.92. The second-order valence-electron chi connectivity index (χ2n) is 7.65. The summed E-state index contributed by atoms with van der Waals surface area (Å²) in [4.78, 5) is 40.5. The molecule has 2 aromatic carbocycles. The Hall–Kier alpha value is -3.59. The Bertz CT molecular complexity index is 1170. The first-order valence-corrected chi connectivity index (χ1v) is 11.2. The Kier molecular flexibility index (Phi) is 6.24. The summed E-state index contributed by atoms with van der Waals surface area (Å²) >= 11 is 1.42. The van der Waals surface area contributed by atoms with E-state index < -0.39 is 47.6 Å². The standard InChI is InChI=1S/C24H21F2N3O3S/c1-2-24(16-7-11-18(26)12-8-16)22(31)29(23(32)28-24)14-20(30)27-21(19-4-3-13-33-19)15-5-9-17(25)10-6-15/h3-13,21H,2,14H2,1H3,(H,27,30)(H,28,32). The predicted molar refractivity (Wildman–Crippen MR) is 119 cm³/mol. The van der Waals surface area contributed by atoms with E-state index in [1.165, 1.54) is 47.7 Å². The largest absolute Gasteiger partial charge is 0.343 e. The van der Waals surface area contributed by atoms with Gasteiger partial charge in [0.1, 0.15) is 23.7 Å². The lowest BCUT2D eigenvalue weighted by Gasteiger charge is -2.26. The van der Waals surface area contributed by atoms with E-state index in [0.29, 0.717) is 11.1 Å². The van der Waals surface area contributed by atoms with E-state index in [1.807, 2.05) is 17.5 Å². The summed E-state index contributed by atoms with van der Waals surface area (Å²) in [5.74, 6) is -1.98. The Balaban J connectivity index is 1.54. The molecule has 0 bridgehead atoms. The van der Waals surface area contributed by atoms with Crippen LogP contribution >= 0.6 is 11.3 Å². The van der Waals surface area contributed by atoms with Crippen LogP contribution in [-0.2, 0) is 15.1 Å². The maximum absolute atomic E-state index is 13.4. The first-order chi connectivity index (χ1) is 15.8. The molecule has 1 saturated heterocycles. The first kappa shape index (κ1) is 22.6. The van der Waals surface area contributed by atoms with Gasteiger partial charge in [-0.3, -0.25) is 14.5 Å². The summed E-state index contributed by atoms with van der Waals surface area (Å²) in [6.07, 6.45) is 0.231. The molecule has 0 saturated carbocycles. The minimum atomic E-state index is -1.37. The highest BCUT2D eigenvalue weighted by Crippen LogP contribution is 2.33. The molecule has 6 nitrogen and oxygen atoms in total. The van der Waals surface area contributed by atoms with E-state index in [4.69, 9.17) is 0 Å². The molecule has 170 valence electrons. The molecule has 0 radical (unpaired) electrons. The highest BCUT2D eigenvalue weighted by molar-refractivity contribution is 7.10. The molecule has 3 aromatic rings. The van der Waals surface area contributed by atoms with Crippen molar-refractivity contribution in [3.05, 3.63) is 93.7 Å². The summed E-state index contributed by atoms with van der Waals surface area (Å²) in [7, 11) is 0. The van der Waals surface area contributed by atoms with E-state index in [-0.39, 0.29) is 6.42 Å². The number of imide groups is 1. The van der Waals surface area contributed by atoms with Crippen molar-refractivity contribution >= 4 is 29.2 Å². The molecule has 0 spiro atoms. The second-order valence-corrected chi connectivity index (χ2v) is 8.63. The fourth-order valence-corrected chi connectivity index (χ4v) is 4.73. The number of hydrogen-bond acceptors (Lipinski definition) is 4. The number of nitrogens with zero attached hydrogens (tertiary/aromatic N) is 1. The van der Waals surface area contributed by atoms with Crippen LogP contribution in [0, 0.1) is 11.6 Å². The monoisotopic (exact) mass is 469 g/mol. The smallest absolute Gasteiger partial charge is 0.325 e. The van der Waals surface area contributed by atoms with Crippen molar-refractivity contribution in [2.45, 2.75) is 24.9 Å². The van der Waals surface area contributed by atoms with Gasteiger partial charge in [-0.15, -0.1) is 11.3 Å². The highest BCUT2D eigenvalue weighted by Gasteiger charge is 2.51. The summed E-state index contributed by atoms with van der Waals surface area (Å²) in [6, 6.07) is 13.5. The zero-order chi connectivity index (χ0) is 23.6. The lowest BCUT2D eigenvalue weighted by molar-refractivity contribution is -0.135. The molecule has 0 aliphatic carbocycles. The zero-order valence-electron chi connectivity index (χ0n) is 17.7. The number of halogens is 2. The average Bonchev–Trinajstić information content (AvgIpc) is 3.42. The summed E-state index contributed by atoms with van der Waals surface area (Å²) in [5.41, 5.74) is -0.260. The van der Waals surface area contributed by atoms with Gasteiger partial charge in [0.25, 0.3) is 5.91 Å². The van der Waals surface area contributed by atoms with Crippen LogP contribution in [0.5, 0.6) is 0 Å². The third kappa shape index (κ3) is 4.36. The van der Waals surface area contributed by atoms with Crippen molar-refractivity contribution in [2.75, 3.05) is 6.54 Å². The third-order valence-corrected chi connectivity index (χ3v) is 6.62. The van der Waals surface area contributed by atoms with Gasteiger partial charge in [-0.05, 0) is 53.3 Å². The number of benzene rings is 2. The Labute approximate surface area is 193 Å². The maximum atomic E-state index is 13.4. The van der Waals surface area contributed by atoms with E-state index in [1.54, 1.807) is 19.1 Å². The minimum Gasteiger partial charge on any atom is -0.343 e. The van der Waals surface area contributed by atoms with Crippen molar-refractivity contribution < 1.29 is 23.2 Å². The molecular weight excluding hydrogens is 448 g/mol. The van der Waals surface area contributed by atoms with Crippen LogP contribution in [0.1, 0.15) is 35.4 Å². The number of nitrogens with one attached hydrogen (secondary N) is 2. The maximum Gasteiger partial charge on any atom is 0.325 e. The molecule has 2 unspecified atom stereocenters. The Morgan fingerprint density at radius 2 is 1.70 bits per heavy atom. The topological polar surface area (TPSA) is 78.5 Å². The van der Waals surface area contributed by atoms with Crippen LogP contribution in [0.25, 0.3) is 0 Å². The molecule has 1 aromatic heterocycles. The highest BCUT2D eigenvalue weighted by atomic mass is 32.1. The van der Waals surface area contributed by atoms with Gasteiger partial charge in [-0.2, -0.15) is 0 Å². The van der Waals surface area contributed by atoms with E-state index >= 15 is 0 Å². The van der Waals surface area contributed by atoms with Gasteiger partial charge in [-0.25, -0.2) is 13.6 Å². The first-order valence-electron chi connectivity index (χ1n) is 10.3. The number of thiophene rings is 1. The molecule has 9 heteroatoms. The zero-order valence-corrected chi connectivity index (χ0v) is 18.5. The van der Waals surface area contributed by atoms with Crippen molar-refractivity contribution in [1.82, 2.24) is 15.5 Å². The fraction of sp³-hybridized carbons (Fsp3) is 0.208. The van der Waals surface area contributed by atoms with Gasteiger partial charge < -0.3 is 10.6 Å². The van der Waals surface area contributed by atoms with Gasteiger partial charge in [0, 0.05) is 4.88 Å². The Morgan fingerprint density at radius 1 is 1.06 bits per heavy atom. The van der Waals surface area contributed by atoms with Crippen LogP contribution in [-0.4, -0.2) is 29.3 Å². The normalized spacial score (nSPS) is 18.8. The average molecular weight is 470 g/mol. The van der Waals surface area contributed by atoms with Crippen LogP contribution in [0.2, 0.25) is 0 Å². The molecule has 33 heavy (non-hydrogen) atoms. The SMILES string of the molecule is CCC1(c2ccc(F)cc2)NC(=O)N(CC(=O)NC(c2ccc(F)cc2)c2cccs2)C1=O. The van der Waals surface area contributed by atoms with Gasteiger partial charge >= 0.3 is 6.03 Å². The van der Waals surface area contributed by atoms with Crippen LogP contribution in [0.3, 0.4) is 0 Å². The molecule has 2 atom stereocenters.